The Labute approximate surface area is 124 Å². The number of nitrogens with two attached hydrogens (primary N) is 1. The fourth-order valence-corrected chi connectivity index (χ4v) is 2.02. The second-order valence-electron chi connectivity index (χ2n) is 4.85. The summed E-state index contributed by atoms with van der Waals surface area (Å²) in [5.41, 5.74) is 9.81. The third-order valence-electron chi connectivity index (χ3n) is 3.14. The van der Waals surface area contributed by atoms with Gasteiger partial charge < -0.3 is 5.73 Å². The third kappa shape index (κ3) is 4.96. The number of amides is 1. The summed E-state index contributed by atoms with van der Waals surface area (Å²) in [6.07, 6.45) is 6.68. The highest BCUT2D eigenvalue weighted by atomic mass is 16.2. The van der Waals surface area contributed by atoms with Gasteiger partial charge in [-0.25, -0.2) is 5.43 Å². The molecule has 1 aromatic heterocycles. The summed E-state index contributed by atoms with van der Waals surface area (Å²) in [6, 6.07) is 9.73. The lowest BCUT2D eigenvalue weighted by Crippen LogP contribution is -2.17. The highest BCUT2D eigenvalue weighted by Crippen LogP contribution is 2.11. The predicted octanol–water partition coefficient (Wildman–Crippen LogP) is 2.20. The first-order chi connectivity index (χ1) is 10.3. The van der Waals surface area contributed by atoms with Crippen LogP contribution in [0.3, 0.4) is 0 Å². The zero-order valence-electron chi connectivity index (χ0n) is 12.0. The largest absolute Gasteiger partial charge is 0.330 e. The highest BCUT2D eigenvalue weighted by Gasteiger charge is 1.99. The molecule has 0 aliphatic carbocycles. The number of hydrogen-bond donors (Lipinski definition) is 2. The van der Waals surface area contributed by atoms with E-state index in [1.54, 1.807) is 12.4 Å². The summed E-state index contributed by atoms with van der Waals surface area (Å²) in [4.78, 5) is 15.8. The SMILES string of the molecule is NCCCCCC(=O)N/N=C/c1ccc2ncccc2c1. The van der Waals surface area contributed by atoms with Gasteiger partial charge in [-0.3, -0.25) is 9.78 Å². The molecule has 1 amide bonds. The van der Waals surface area contributed by atoms with E-state index < -0.39 is 0 Å². The van der Waals surface area contributed by atoms with Crippen molar-refractivity contribution < 1.29 is 4.79 Å². The van der Waals surface area contributed by atoms with Gasteiger partial charge >= 0.3 is 0 Å². The van der Waals surface area contributed by atoms with Crippen molar-refractivity contribution >= 4 is 23.0 Å². The lowest BCUT2D eigenvalue weighted by atomic mass is 10.1. The Balaban J connectivity index is 1.83. The Morgan fingerprint density at radius 3 is 3.05 bits per heavy atom. The molecule has 3 N–H and O–H groups in total. The van der Waals surface area contributed by atoms with Crippen molar-refractivity contribution in [2.45, 2.75) is 25.7 Å². The Morgan fingerprint density at radius 2 is 2.19 bits per heavy atom. The molecule has 0 atom stereocenters. The molecule has 1 heterocycles. The molecule has 0 saturated carbocycles. The highest BCUT2D eigenvalue weighted by molar-refractivity contribution is 5.89. The first-order valence-corrected chi connectivity index (χ1v) is 7.16. The van der Waals surface area contributed by atoms with Crippen molar-refractivity contribution in [3.63, 3.8) is 0 Å². The molecule has 1 aromatic carbocycles. The van der Waals surface area contributed by atoms with Crippen molar-refractivity contribution in [2.75, 3.05) is 6.54 Å². The van der Waals surface area contributed by atoms with Gasteiger partial charge in [0, 0.05) is 18.0 Å². The quantitative estimate of drug-likeness (QED) is 0.464. The van der Waals surface area contributed by atoms with Crippen LogP contribution in [0.5, 0.6) is 0 Å². The van der Waals surface area contributed by atoms with E-state index in [9.17, 15) is 4.79 Å². The maximum absolute atomic E-state index is 11.5. The number of benzene rings is 1. The molecule has 0 aliphatic rings. The van der Waals surface area contributed by atoms with E-state index in [-0.39, 0.29) is 5.91 Å². The summed E-state index contributed by atoms with van der Waals surface area (Å²) in [7, 11) is 0. The van der Waals surface area contributed by atoms with Crippen LogP contribution in [0.4, 0.5) is 0 Å². The van der Waals surface area contributed by atoms with Gasteiger partial charge in [-0.1, -0.05) is 18.6 Å². The smallest absolute Gasteiger partial charge is 0.240 e. The average Bonchev–Trinajstić information content (AvgIpc) is 2.51. The molecule has 2 aromatic rings. The summed E-state index contributed by atoms with van der Waals surface area (Å²) in [5.74, 6) is -0.0641. The number of carbonyl (C=O) groups is 1. The van der Waals surface area contributed by atoms with Gasteiger partial charge in [0.05, 0.1) is 11.7 Å². The number of rotatable bonds is 7. The van der Waals surface area contributed by atoms with Crippen LogP contribution in [-0.2, 0) is 4.79 Å². The minimum Gasteiger partial charge on any atom is -0.330 e. The standard InChI is InChI=1S/C16H20N4O/c17-9-3-1-2-6-16(21)20-19-12-13-7-8-15-14(11-13)5-4-10-18-15/h4-5,7-8,10-12H,1-3,6,9,17H2,(H,20,21)/b19-12+. The molecule has 110 valence electrons. The number of fused-ring (bicyclic) bond motifs is 1. The maximum Gasteiger partial charge on any atom is 0.240 e. The predicted molar refractivity (Wildman–Crippen MR) is 85.0 cm³/mol. The van der Waals surface area contributed by atoms with E-state index in [0.717, 1.165) is 35.7 Å². The minimum absolute atomic E-state index is 0.0641. The molecule has 5 nitrogen and oxygen atoms in total. The maximum atomic E-state index is 11.5. The van der Waals surface area contributed by atoms with Crippen molar-refractivity contribution in [3.05, 3.63) is 42.1 Å². The number of nitrogens with zero attached hydrogens (tertiary/aromatic N) is 2. The molecule has 5 heteroatoms. The second-order valence-corrected chi connectivity index (χ2v) is 4.85. The molecule has 0 spiro atoms. The molecular weight excluding hydrogens is 264 g/mol. The van der Waals surface area contributed by atoms with Gasteiger partial charge in [-0.15, -0.1) is 0 Å². The normalized spacial score (nSPS) is 11.1. The van der Waals surface area contributed by atoms with Crippen molar-refractivity contribution in [2.24, 2.45) is 10.8 Å². The second kappa shape index (κ2) is 8.11. The average molecular weight is 284 g/mol. The molecule has 0 aliphatic heterocycles. The number of carbonyl (C=O) groups excluding carboxylic acids is 1. The van der Waals surface area contributed by atoms with E-state index in [2.05, 4.69) is 15.5 Å². The van der Waals surface area contributed by atoms with Crippen LogP contribution in [0.1, 0.15) is 31.2 Å². The minimum atomic E-state index is -0.0641. The monoisotopic (exact) mass is 284 g/mol. The molecule has 0 radical (unpaired) electrons. The van der Waals surface area contributed by atoms with E-state index in [4.69, 9.17) is 5.73 Å². The van der Waals surface area contributed by atoms with Crippen molar-refractivity contribution in [1.82, 2.24) is 10.4 Å². The van der Waals surface area contributed by atoms with Gasteiger partial charge in [0.1, 0.15) is 0 Å². The Hall–Kier alpha value is -2.27. The fraction of sp³-hybridized carbons (Fsp3) is 0.312. The molecule has 0 fully saturated rings. The molecular formula is C16H20N4O. The van der Waals surface area contributed by atoms with Crippen LogP contribution < -0.4 is 11.2 Å². The van der Waals surface area contributed by atoms with Crippen LogP contribution in [-0.4, -0.2) is 23.7 Å². The molecule has 21 heavy (non-hydrogen) atoms. The number of nitrogens with one attached hydrogen (secondary N) is 1. The molecule has 0 unspecified atom stereocenters. The summed E-state index contributed by atoms with van der Waals surface area (Å²) in [5, 5.41) is 5.03. The van der Waals surface area contributed by atoms with Gasteiger partial charge in [0.15, 0.2) is 0 Å². The Bertz CT molecular complexity index is 624. The van der Waals surface area contributed by atoms with E-state index in [0.29, 0.717) is 13.0 Å². The first kappa shape index (κ1) is 15.1. The van der Waals surface area contributed by atoms with Crippen LogP contribution in [0, 0.1) is 0 Å². The van der Waals surface area contributed by atoms with Crippen molar-refractivity contribution in [1.29, 1.82) is 0 Å². The van der Waals surface area contributed by atoms with E-state index in [1.165, 1.54) is 0 Å². The van der Waals surface area contributed by atoms with Gasteiger partial charge in [0.2, 0.25) is 5.91 Å². The fourth-order valence-electron chi connectivity index (χ4n) is 2.02. The van der Waals surface area contributed by atoms with Crippen molar-refractivity contribution in [3.8, 4) is 0 Å². The number of hydrazone groups is 1. The number of unbranched alkanes of at least 4 members (excludes halogenated alkanes) is 2. The number of pyridine rings is 1. The summed E-state index contributed by atoms with van der Waals surface area (Å²) >= 11 is 0. The summed E-state index contributed by atoms with van der Waals surface area (Å²) in [6.45, 7) is 0.677. The van der Waals surface area contributed by atoms with Crippen LogP contribution in [0.25, 0.3) is 10.9 Å². The Morgan fingerprint density at radius 1 is 1.29 bits per heavy atom. The van der Waals surface area contributed by atoms with E-state index in [1.807, 2.05) is 30.3 Å². The topological polar surface area (TPSA) is 80.4 Å². The lowest BCUT2D eigenvalue weighted by molar-refractivity contribution is -0.121. The lowest BCUT2D eigenvalue weighted by Gasteiger charge is -2.00. The number of hydrogen-bond acceptors (Lipinski definition) is 4. The molecule has 2 rings (SSSR count). The van der Waals surface area contributed by atoms with E-state index >= 15 is 0 Å². The molecule has 0 saturated heterocycles. The first-order valence-electron chi connectivity index (χ1n) is 7.16. The number of aromatic nitrogens is 1. The van der Waals surface area contributed by atoms with Crippen LogP contribution in [0.15, 0.2) is 41.6 Å². The van der Waals surface area contributed by atoms with Gasteiger partial charge in [-0.05, 0) is 43.1 Å². The van der Waals surface area contributed by atoms with Crippen LogP contribution >= 0.6 is 0 Å². The Kier molecular flexibility index (Phi) is 5.84. The molecule has 0 bridgehead atoms. The third-order valence-corrected chi connectivity index (χ3v) is 3.14. The van der Waals surface area contributed by atoms with Crippen LogP contribution in [0.2, 0.25) is 0 Å². The van der Waals surface area contributed by atoms with Gasteiger partial charge in [-0.2, -0.15) is 5.10 Å². The van der Waals surface area contributed by atoms with Gasteiger partial charge in [0.25, 0.3) is 0 Å². The zero-order chi connectivity index (χ0) is 14.9. The zero-order valence-corrected chi connectivity index (χ0v) is 12.0. The summed E-state index contributed by atoms with van der Waals surface area (Å²) < 4.78 is 0.